The lowest BCUT2D eigenvalue weighted by atomic mass is 10.00. The minimum atomic E-state index is -4.05. The second-order valence-electron chi connectivity index (χ2n) is 7.54. The monoisotopic (exact) mass is 418 g/mol. The van der Waals surface area contributed by atoms with Gasteiger partial charge in [0, 0.05) is 5.54 Å². The van der Waals surface area contributed by atoms with Crippen molar-refractivity contribution >= 4 is 27.5 Å². The van der Waals surface area contributed by atoms with Gasteiger partial charge in [0.25, 0.3) is 5.91 Å². The first-order valence-electron chi connectivity index (χ1n) is 9.31. The number of halogens is 1. The molecule has 0 spiro atoms. The zero-order valence-electron chi connectivity index (χ0n) is 16.5. The Bertz CT molecular complexity index is 1020. The lowest BCUT2D eigenvalue weighted by Crippen LogP contribution is -2.55. The van der Waals surface area contributed by atoms with E-state index in [0.29, 0.717) is 6.42 Å². The molecule has 1 aliphatic heterocycles. The van der Waals surface area contributed by atoms with Gasteiger partial charge >= 0.3 is 0 Å². The van der Waals surface area contributed by atoms with Crippen LogP contribution < -0.4 is 4.90 Å². The molecule has 154 valence electrons. The molecule has 3 rings (SSSR count). The summed E-state index contributed by atoms with van der Waals surface area (Å²) in [6.07, 6.45) is 0.166. The number of sulfonamides is 1. The average molecular weight is 418 g/mol. The molecule has 0 aromatic heterocycles. The van der Waals surface area contributed by atoms with Crippen molar-refractivity contribution in [2.75, 3.05) is 4.90 Å². The third-order valence-electron chi connectivity index (χ3n) is 5.25. The first-order valence-corrected chi connectivity index (χ1v) is 10.8. The summed E-state index contributed by atoms with van der Waals surface area (Å²) in [4.78, 5) is 26.8. The van der Waals surface area contributed by atoms with Gasteiger partial charge in [-0.25, -0.2) is 17.7 Å². The fraction of sp³-hybridized carbons (Fsp3) is 0.333. The second-order valence-corrected chi connectivity index (χ2v) is 9.36. The van der Waals surface area contributed by atoms with Crippen LogP contribution in [-0.4, -0.2) is 36.1 Å². The van der Waals surface area contributed by atoms with Crippen LogP contribution in [-0.2, 0) is 19.6 Å². The number of anilines is 1. The van der Waals surface area contributed by atoms with E-state index in [0.717, 1.165) is 21.3 Å². The van der Waals surface area contributed by atoms with Gasteiger partial charge < -0.3 is 0 Å². The first kappa shape index (κ1) is 21.1. The molecule has 1 heterocycles. The fourth-order valence-corrected chi connectivity index (χ4v) is 5.44. The fourth-order valence-electron chi connectivity index (χ4n) is 3.44. The number of hydrogen-bond donors (Lipinski definition) is 0. The number of carbonyl (C=O) groups is 2. The smallest absolute Gasteiger partial charge is 0.252 e. The van der Waals surface area contributed by atoms with Gasteiger partial charge in [-0.05, 0) is 56.7 Å². The quantitative estimate of drug-likeness (QED) is 0.675. The van der Waals surface area contributed by atoms with Crippen LogP contribution in [0.25, 0.3) is 0 Å². The molecule has 1 saturated heterocycles. The third kappa shape index (κ3) is 3.82. The van der Waals surface area contributed by atoms with Crippen LogP contribution in [0, 0.1) is 5.82 Å². The largest absolute Gasteiger partial charge is 0.274 e. The Kier molecular flexibility index (Phi) is 5.60. The van der Waals surface area contributed by atoms with E-state index in [2.05, 4.69) is 0 Å². The number of nitrogens with zero attached hydrogens (tertiary/aromatic N) is 2. The highest BCUT2D eigenvalue weighted by Crippen LogP contribution is 2.35. The Hall–Kier alpha value is -2.58. The van der Waals surface area contributed by atoms with Crippen molar-refractivity contribution in [3.05, 3.63) is 60.4 Å². The van der Waals surface area contributed by atoms with Crippen molar-refractivity contribution in [2.45, 2.75) is 50.1 Å². The molecule has 2 amide bonds. The molecule has 29 heavy (non-hydrogen) atoms. The zero-order chi connectivity index (χ0) is 21.4. The third-order valence-corrected chi connectivity index (χ3v) is 7.39. The van der Waals surface area contributed by atoms with E-state index in [9.17, 15) is 22.4 Å². The lowest BCUT2D eigenvalue weighted by Gasteiger charge is -2.39. The standard InChI is InChI=1S/C21H23FN2O4S/c1-4-21(2,3)24(29(27,28)17-8-6-5-7-9-17)18-14-19(25)23(20(18)26)16-12-10-15(22)11-13-16/h5-13,18H,4,14H2,1-3H3. The van der Waals surface area contributed by atoms with Crippen molar-refractivity contribution < 1.29 is 22.4 Å². The average Bonchev–Trinajstić information content (AvgIpc) is 2.97. The molecule has 2 aromatic carbocycles. The van der Waals surface area contributed by atoms with Gasteiger partial charge in [0.2, 0.25) is 15.9 Å². The van der Waals surface area contributed by atoms with Crippen LogP contribution in [0.15, 0.2) is 59.5 Å². The number of rotatable bonds is 6. The summed E-state index contributed by atoms with van der Waals surface area (Å²) in [6, 6.07) is 11.6. The van der Waals surface area contributed by atoms with E-state index in [-0.39, 0.29) is 17.0 Å². The summed E-state index contributed by atoms with van der Waals surface area (Å²) in [5.74, 6) is -1.65. The molecule has 2 aromatic rings. The van der Waals surface area contributed by atoms with Gasteiger partial charge in [-0.2, -0.15) is 4.31 Å². The SMILES string of the molecule is CCC(C)(C)N(C1CC(=O)N(c2ccc(F)cc2)C1=O)S(=O)(=O)c1ccccc1. The first-order chi connectivity index (χ1) is 13.6. The van der Waals surface area contributed by atoms with Crippen LogP contribution in [0.2, 0.25) is 0 Å². The Morgan fingerprint density at radius 2 is 1.66 bits per heavy atom. The summed E-state index contributed by atoms with van der Waals surface area (Å²) < 4.78 is 41.3. The molecular weight excluding hydrogens is 395 g/mol. The van der Waals surface area contributed by atoms with Gasteiger partial charge in [-0.15, -0.1) is 0 Å². The van der Waals surface area contributed by atoms with Crippen molar-refractivity contribution in [2.24, 2.45) is 0 Å². The Morgan fingerprint density at radius 3 is 2.21 bits per heavy atom. The van der Waals surface area contributed by atoms with Gasteiger partial charge in [0.15, 0.2) is 0 Å². The predicted molar refractivity (Wildman–Crippen MR) is 107 cm³/mol. The highest BCUT2D eigenvalue weighted by atomic mass is 32.2. The lowest BCUT2D eigenvalue weighted by molar-refractivity contribution is -0.122. The van der Waals surface area contributed by atoms with E-state index >= 15 is 0 Å². The van der Waals surface area contributed by atoms with Crippen LogP contribution in [0.5, 0.6) is 0 Å². The Balaban J connectivity index is 2.07. The maximum absolute atomic E-state index is 13.5. The summed E-state index contributed by atoms with van der Waals surface area (Å²) in [6.45, 7) is 5.28. The minimum absolute atomic E-state index is 0.0574. The molecule has 1 fully saturated rings. The molecule has 1 unspecified atom stereocenters. The van der Waals surface area contributed by atoms with Crippen molar-refractivity contribution in [3.8, 4) is 0 Å². The molecule has 0 aliphatic carbocycles. The maximum Gasteiger partial charge on any atom is 0.252 e. The minimum Gasteiger partial charge on any atom is -0.274 e. The summed E-state index contributed by atoms with van der Waals surface area (Å²) in [7, 11) is -4.05. The Labute approximate surface area is 170 Å². The number of hydrogen-bond acceptors (Lipinski definition) is 4. The van der Waals surface area contributed by atoms with Gasteiger partial charge in [-0.3, -0.25) is 9.59 Å². The van der Waals surface area contributed by atoms with Crippen molar-refractivity contribution in [1.82, 2.24) is 4.31 Å². The number of carbonyl (C=O) groups excluding carboxylic acids is 2. The molecule has 0 radical (unpaired) electrons. The van der Waals surface area contributed by atoms with Crippen LogP contribution in [0.3, 0.4) is 0 Å². The number of imide groups is 1. The van der Waals surface area contributed by atoms with Crippen LogP contribution in [0.4, 0.5) is 10.1 Å². The van der Waals surface area contributed by atoms with Crippen molar-refractivity contribution in [3.63, 3.8) is 0 Å². The summed E-state index contributed by atoms with van der Waals surface area (Å²) in [5.41, 5.74) is -0.691. The molecule has 0 N–H and O–H groups in total. The van der Waals surface area contributed by atoms with Crippen LogP contribution in [0.1, 0.15) is 33.6 Å². The molecule has 0 saturated carbocycles. The highest BCUT2D eigenvalue weighted by molar-refractivity contribution is 7.89. The highest BCUT2D eigenvalue weighted by Gasteiger charge is 2.51. The van der Waals surface area contributed by atoms with E-state index < -0.39 is 39.2 Å². The van der Waals surface area contributed by atoms with E-state index in [4.69, 9.17) is 0 Å². The van der Waals surface area contributed by atoms with E-state index in [1.165, 1.54) is 24.3 Å². The summed E-state index contributed by atoms with van der Waals surface area (Å²) in [5, 5.41) is 0. The molecule has 1 atom stereocenters. The topological polar surface area (TPSA) is 74.8 Å². The second kappa shape index (κ2) is 7.68. The van der Waals surface area contributed by atoms with E-state index in [1.54, 1.807) is 32.0 Å². The molecule has 8 heteroatoms. The molecule has 0 bridgehead atoms. The maximum atomic E-state index is 13.5. The Morgan fingerprint density at radius 1 is 1.07 bits per heavy atom. The zero-order valence-corrected chi connectivity index (χ0v) is 17.3. The molecular formula is C21H23FN2O4S. The van der Waals surface area contributed by atoms with Gasteiger partial charge in [0.1, 0.15) is 11.9 Å². The predicted octanol–water partition coefficient (Wildman–Crippen LogP) is 3.34. The van der Waals surface area contributed by atoms with Gasteiger partial charge in [-0.1, -0.05) is 25.1 Å². The van der Waals surface area contributed by atoms with Crippen LogP contribution >= 0.6 is 0 Å². The van der Waals surface area contributed by atoms with Crippen molar-refractivity contribution in [1.29, 1.82) is 0 Å². The number of benzene rings is 2. The summed E-state index contributed by atoms with van der Waals surface area (Å²) >= 11 is 0. The van der Waals surface area contributed by atoms with E-state index in [1.807, 2.05) is 6.92 Å². The number of amides is 2. The molecule has 1 aliphatic rings. The molecule has 6 nitrogen and oxygen atoms in total. The van der Waals surface area contributed by atoms with Gasteiger partial charge in [0.05, 0.1) is 17.0 Å². The normalized spacial score (nSPS) is 18.0.